The summed E-state index contributed by atoms with van der Waals surface area (Å²) in [4.78, 5) is 39.0. The van der Waals surface area contributed by atoms with Gasteiger partial charge in [0.15, 0.2) is 0 Å². The molecule has 0 radical (unpaired) electrons. The average molecular weight is 328 g/mol. The maximum atomic E-state index is 12.2. The van der Waals surface area contributed by atoms with E-state index >= 15 is 0 Å². The van der Waals surface area contributed by atoms with E-state index in [4.69, 9.17) is 9.84 Å². The monoisotopic (exact) mass is 328 g/mol. The van der Waals surface area contributed by atoms with Crippen LogP contribution in [0.25, 0.3) is 0 Å². The summed E-state index contributed by atoms with van der Waals surface area (Å²) in [6, 6.07) is 10.7. The molecule has 24 heavy (non-hydrogen) atoms. The topological polar surface area (TPSA) is 99.7 Å². The molecule has 2 N–H and O–H groups in total. The number of hydrogen-bond donors (Lipinski definition) is 2. The van der Waals surface area contributed by atoms with E-state index in [0.29, 0.717) is 24.2 Å². The van der Waals surface area contributed by atoms with Crippen molar-refractivity contribution in [1.29, 1.82) is 0 Å². The predicted molar refractivity (Wildman–Crippen MR) is 84.8 cm³/mol. The number of pyridine rings is 1. The molecule has 0 saturated carbocycles. The molecule has 7 heteroatoms. The Hall–Kier alpha value is -3.09. The molecule has 0 unspecified atom stereocenters. The van der Waals surface area contributed by atoms with Crippen LogP contribution >= 0.6 is 0 Å². The highest BCUT2D eigenvalue weighted by Crippen LogP contribution is 2.18. The van der Waals surface area contributed by atoms with Crippen molar-refractivity contribution in [2.45, 2.75) is 19.6 Å². The number of ether oxygens (including phenoxy) is 1. The summed E-state index contributed by atoms with van der Waals surface area (Å²) in [5, 5.41) is 9.03. The fourth-order valence-corrected chi connectivity index (χ4v) is 2.63. The second-order valence-electron chi connectivity index (χ2n) is 5.53. The molecule has 1 aliphatic rings. The van der Waals surface area contributed by atoms with Gasteiger partial charge < -0.3 is 19.7 Å². The Kier molecular flexibility index (Phi) is 4.33. The number of aromatic amines is 1. The minimum absolute atomic E-state index is 0.176. The van der Waals surface area contributed by atoms with Crippen molar-refractivity contribution in [1.82, 2.24) is 9.88 Å². The van der Waals surface area contributed by atoms with Crippen LogP contribution < -0.4 is 5.56 Å². The van der Waals surface area contributed by atoms with E-state index in [9.17, 15) is 14.4 Å². The van der Waals surface area contributed by atoms with Gasteiger partial charge in [-0.3, -0.25) is 4.79 Å². The van der Waals surface area contributed by atoms with Crippen molar-refractivity contribution in [2.75, 3.05) is 6.54 Å². The van der Waals surface area contributed by atoms with E-state index < -0.39 is 17.6 Å². The number of benzene rings is 1. The van der Waals surface area contributed by atoms with Crippen molar-refractivity contribution >= 4 is 12.1 Å². The molecule has 2 heterocycles. The molecular formula is C17H16N2O5. The van der Waals surface area contributed by atoms with E-state index in [2.05, 4.69) is 4.98 Å². The first kappa shape index (κ1) is 15.8. The van der Waals surface area contributed by atoms with Crippen molar-refractivity contribution in [2.24, 2.45) is 0 Å². The highest BCUT2D eigenvalue weighted by molar-refractivity contribution is 5.87. The number of fused-ring (bicyclic) bond motifs is 1. The second kappa shape index (κ2) is 6.57. The molecule has 1 aromatic heterocycles. The Morgan fingerprint density at radius 1 is 1.25 bits per heavy atom. The number of hydrogen-bond acceptors (Lipinski definition) is 4. The summed E-state index contributed by atoms with van der Waals surface area (Å²) in [5.74, 6) is -1.29. The van der Waals surface area contributed by atoms with Gasteiger partial charge in [0.2, 0.25) is 0 Å². The SMILES string of the molecule is O=C(O)c1cc2c([nH]c1=O)CCN(C(=O)OCc1ccccc1)C2. The minimum Gasteiger partial charge on any atom is -0.477 e. The number of carbonyl (C=O) groups excluding carboxylic acids is 1. The highest BCUT2D eigenvalue weighted by Gasteiger charge is 2.24. The Morgan fingerprint density at radius 3 is 2.71 bits per heavy atom. The fraction of sp³-hybridized carbons (Fsp3) is 0.235. The van der Waals surface area contributed by atoms with E-state index in [1.165, 1.54) is 11.0 Å². The Bertz CT molecular complexity index is 829. The first-order valence-electron chi connectivity index (χ1n) is 7.48. The van der Waals surface area contributed by atoms with E-state index in [0.717, 1.165) is 5.56 Å². The van der Waals surface area contributed by atoms with Crippen molar-refractivity contribution in [3.05, 3.63) is 69.1 Å². The maximum Gasteiger partial charge on any atom is 0.410 e. The lowest BCUT2D eigenvalue weighted by Gasteiger charge is -2.28. The molecule has 0 bridgehead atoms. The van der Waals surface area contributed by atoms with Crippen LogP contribution in [0.4, 0.5) is 4.79 Å². The molecule has 1 amide bonds. The molecule has 0 aliphatic carbocycles. The smallest absolute Gasteiger partial charge is 0.410 e. The molecule has 0 fully saturated rings. The third kappa shape index (κ3) is 3.29. The van der Waals surface area contributed by atoms with Gasteiger partial charge in [-0.25, -0.2) is 9.59 Å². The van der Waals surface area contributed by atoms with Crippen molar-refractivity contribution in [3.8, 4) is 0 Å². The van der Waals surface area contributed by atoms with E-state index in [1.807, 2.05) is 30.3 Å². The van der Waals surface area contributed by atoms with Crippen LogP contribution in [0.15, 0.2) is 41.2 Å². The summed E-state index contributed by atoms with van der Waals surface area (Å²) in [7, 11) is 0. The maximum absolute atomic E-state index is 12.2. The van der Waals surface area contributed by atoms with Gasteiger partial charge in [-0.1, -0.05) is 30.3 Å². The van der Waals surface area contributed by atoms with Gasteiger partial charge in [0.05, 0.1) is 6.54 Å². The molecule has 1 aromatic carbocycles. The van der Waals surface area contributed by atoms with Gasteiger partial charge in [-0.2, -0.15) is 0 Å². The summed E-state index contributed by atoms with van der Waals surface area (Å²) in [6.07, 6.45) is -0.0159. The Balaban J connectivity index is 1.70. The zero-order valence-corrected chi connectivity index (χ0v) is 12.8. The normalized spacial score (nSPS) is 13.2. The van der Waals surface area contributed by atoms with Crippen LogP contribution in [-0.4, -0.2) is 33.6 Å². The molecule has 124 valence electrons. The zero-order valence-electron chi connectivity index (χ0n) is 12.8. The summed E-state index contributed by atoms with van der Waals surface area (Å²) >= 11 is 0. The number of nitrogens with zero attached hydrogens (tertiary/aromatic N) is 1. The third-order valence-corrected chi connectivity index (χ3v) is 3.90. The molecule has 2 aromatic rings. The number of carboxylic acids is 1. The quantitative estimate of drug-likeness (QED) is 0.894. The van der Waals surface area contributed by atoms with Gasteiger partial charge in [-0.15, -0.1) is 0 Å². The number of aromatic nitrogens is 1. The van der Waals surface area contributed by atoms with Crippen LogP contribution in [0.2, 0.25) is 0 Å². The average Bonchev–Trinajstić information content (AvgIpc) is 2.59. The van der Waals surface area contributed by atoms with Crippen molar-refractivity contribution in [3.63, 3.8) is 0 Å². The molecule has 0 spiro atoms. The van der Waals surface area contributed by atoms with E-state index in [-0.39, 0.29) is 18.7 Å². The lowest BCUT2D eigenvalue weighted by Crippen LogP contribution is -2.38. The lowest BCUT2D eigenvalue weighted by molar-refractivity contribution is 0.0694. The van der Waals surface area contributed by atoms with Crippen LogP contribution in [-0.2, 0) is 24.3 Å². The zero-order chi connectivity index (χ0) is 17.1. The molecular weight excluding hydrogens is 312 g/mol. The van der Waals surface area contributed by atoms with Gasteiger partial charge >= 0.3 is 12.1 Å². The minimum atomic E-state index is -1.29. The Labute approximate surface area is 137 Å². The summed E-state index contributed by atoms with van der Waals surface area (Å²) in [5.41, 5.74) is 1.22. The summed E-state index contributed by atoms with van der Waals surface area (Å²) < 4.78 is 5.28. The molecule has 1 aliphatic heterocycles. The number of nitrogens with one attached hydrogen (secondary N) is 1. The van der Waals surface area contributed by atoms with Gasteiger partial charge in [0, 0.05) is 18.7 Å². The van der Waals surface area contributed by atoms with Crippen LogP contribution in [0, 0.1) is 0 Å². The van der Waals surface area contributed by atoms with Gasteiger partial charge in [-0.05, 0) is 17.2 Å². The lowest BCUT2D eigenvalue weighted by atomic mass is 10.0. The Morgan fingerprint density at radius 2 is 2.00 bits per heavy atom. The van der Waals surface area contributed by atoms with Crippen molar-refractivity contribution < 1.29 is 19.4 Å². The highest BCUT2D eigenvalue weighted by atomic mass is 16.6. The third-order valence-electron chi connectivity index (χ3n) is 3.90. The first-order chi connectivity index (χ1) is 11.5. The molecule has 0 atom stereocenters. The standard InChI is InChI=1S/C17H16N2O5/c20-15-13(16(21)22)8-12-9-19(7-6-14(12)18-15)17(23)24-10-11-4-2-1-3-5-11/h1-5,8H,6-7,9-10H2,(H,18,20)(H,21,22). The number of aromatic carboxylic acids is 1. The number of carboxylic acid groups (broad SMARTS) is 1. The summed E-state index contributed by atoms with van der Waals surface area (Å²) in [6.45, 7) is 0.790. The number of rotatable bonds is 3. The molecule has 3 rings (SSSR count). The molecule has 0 saturated heterocycles. The first-order valence-corrected chi connectivity index (χ1v) is 7.48. The largest absolute Gasteiger partial charge is 0.477 e. The second-order valence-corrected chi connectivity index (χ2v) is 5.53. The molecule has 7 nitrogen and oxygen atoms in total. The van der Waals surface area contributed by atoms with Gasteiger partial charge in [0.25, 0.3) is 5.56 Å². The van der Waals surface area contributed by atoms with Crippen LogP contribution in [0.1, 0.15) is 27.2 Å². The van der Waals surface area contributed by atoms with Crippen LogP contribution in [0.5, 0.6) is 0 Å². The fourth-order valence-electron chi connectivity index (χ4n) is 2.63. The number of amides is 1. The predicted octanol–water partition coefficient (Wildman–Crippen LogP) is 1.77. The van der Waals surface area contributed by atoms with Crippen LogP contribution in [0.3, 0.4) is 0 Å². The van der Waals surface area contributed by atoms with E-state index in [1.54, 1.807) is 0 Å². The number of carbonyl (C=O) groups is 2. The number of H-pyrrole nitrogens is 1. The van der Waals surface area contributed by atoms with Gasteiger partial charge in [0.1, 0.15) is 12.2 Å².